The Balaban J connectivity index is 1.07. The van der Waals surface area contributed by atoms with E-state index in [0.717, 1.165) is 0 Å². The molecule has 6 aromatic rings. The summed E-state index contributed by atoms with van der Waals surface area (Å²) in [5, 5.41) is 0. The molecule has 0 aromatic heterocycles. The fourth-order valence-corrected chi connectivity index (χ4v) is 11.3. The lowest BCUT2D eigenvalue weighted by Crippen LogP contribution is -2.07. The van der Waals surface area contributed by atoms with Crippen LogP contribution in [0.15, 0.2) is 145 Å². The molecule has 0 radical (unpaired) electrons. The molecule has 0 bridgehead atoms. The van der Waals surface area contributed by atoms with Gasteiger partial charge in [0, 0.05) is 21.4 Å². The van der Waals surface area contributed by atoms with E-state index >= 15 is 0 Å². The van der Waals surface area contributed by atoms with Crippen LogP contribution in [-0.4, -0.2) is 9.52 Å². The summed E-state index contributed by atoms with van der Waals surface area (Å²) in [5.41, 5.74) is 22.4. The molecule has 1 heteroatoms. The van der Waals surface area contributed by atoms with Crippen LogP contribution in [0.5, 0.6) is 0 Å². The summed E-state index contributed by atoms with van der Waals surface area (Å²) < 4.78 is 0. The highest BCUT2D eigenvalue weighted by Gasteiger charge is 2.29. The quantitative estimate of drug-likeness (QED) is 0.144. The molecule has 0 amide bonds. The number of allylic oxidation sites excluding steroid dienone is 2. The van der Waals surface area contributed by atoms with Crippen molar-refractivity contribution in [2.45, 2.75) is 51.6 Å². The first-order valence-electron chi connectivity index (χ1n) is 17.9. The molecule has 0 spiro atoms. The molecule has 0 nitrogen and oxygen atoms in total. The molecule has 0 saturated heterocycles. The van der Waals surface area contributed by atoms with Crippen molar-refractivity contribution in [1.29, 1.82) is 0 Å². The monoisotopic (exact) mass is 648 g/mol. The summed E-state index contributed by atoms with van der Waals surface area (Å²) in [6.45, 7) is 9.31. The average molecular weight is 649 g/mol. The van der Waals surface area contributed by atoms with E-state index in [1.54, 1.807) is 0 Å². The zero-order chi connectivity index (χ0) is 33.5. The molecular formula is C48H44Si. The Kier molecular flexibility index (Phi) is 8.39. The van der Waals surface area contributed by atoms with E-state index in [9.17, 15) is 0 Å². The number of benzene rings is 6. The van der Waals surface area contributed by atoms with Gasteiger partial charge in [-0.05, 0) is 106 Å². The minimum absolute atomic E-state index is 0.341. The lowest BCUT2D eigenvalue weighted by atomic mass is 9.86. The van der Waals surface area contributed by atoms with Crippen molar-refractivity contribution in [3.8, 4) is 44.5 Å². The van der Waals surface area contributed by atoms with Gasteiger partial charge in [-0.1, -0.05) is 169 Å². The molecular weight excluding hydrogens is 605 g/mol. The summed E-state index contributed by atoms with van der Waals surface area (Å²) >= 11 is 0. The standard InChI is InChI=1S/C48H44Si/c1-31-23-25-39-43(47(31)41-21-13-11-19-37(41)35-15-7-5-8-16-35)27-33(3)45(39)29-49-30-46-34(4)28-44-40(46)26-24-32(2)48(44)42-22-14-12-20-38(42)36-17-9-6-10-18-36/h5-28,45-46H,29-30,49H2,1-4H3. The first-order chi connectivity index (χ1) is 24.0. The maximum absolute atomic E-state index is 2.51. The van der Waals surface area contributed by atoms with Crippen LogP contribution in [0.1, 0.15) is 59.1 Å². The fourth-order valence-electron chi connectivity index (χ4n) is 8.70. The van der Waals surface area contributed by atoms with Crippen molar-refractivity contribution in [1.82, 2.24) is 0 Å². The van der Waals surface area contributed by atoms with E-state index in [0.29, 0.717) is 11.8 Å². The van der Waals surface area contributed by atoms with E-state index in [2.05, 4.69) is 173 Å². The Labute approximate surface area is 294 Å². The summed E-state index contributed by atoms with van der Waals surface area (Å²) in [5.74, 6) is 1.06. The van der Waals surface area contributed by atoms with Crippen molar-refractivity contribution in [2.75, 3.05) is 0 Å². The Hall–Kier alpha value is -4.98. The molecule has 2 unspecified atom stereocenters. The van der Waals surface area contributed by atoms with Crippen LogP contribution in [0, 0.1) is 13.8 Å². The second-order valence-corrected chi connectivity index (χ2v) is 16.0. The van der Waals surface area contributed by atoms with Crippen LogP contribution in [-0.2, 0) is 0 Å². The van der Waals surface area contributed by atoms with Crippen molar-refractivity contribution >= 4 is 21.7 Å². The minimum Gasteiger partial charge on any atom is -0.0655 e. The normalized spacial score (nSPS) is 16.5. The maximum atomic E-state index is 2.51. The zero-order valence-electron chi connectivity index (χ0n) is 29.1. The predicted octanol–water partition coefficient (Wildman–Crippen LogP) is 12.7. The Morgan fingerprint density at radius 2 is 0.776 bits per heavy atom. The van der Waals surface area contributed by atoms with Crippen LogP contribution in [0.25, 0.3) is 56.7 Å². The molecule has 49 heavy (non-hydrogen) atoms. The van der Waals surface area contributed by atoms with E-state index in [1.807, 2.05) is 0 Å². The lowest BCUT2D eigenvalue weighted by molar-refractivity contribution is 0.875. The van der Waals surface area contributed by atoms with Crippen LogP contribution in [0.4, 0.5) is 0 Å². The van der Waals surface area contributed by atoms with Crippen molar-refractivity contribution in [3.63, 3.8) is 0 Å². The average Bonchev–Trinajstić information content (AvgIpc) is 3.63. The van der Waals surface area contributed by atoms with Crippen LogP contribution < -0.4 is 0 Å². The van der Waals surface area contributed by atoms with Gasteiger partial charge in [-0.25, -0.2) is 0 Å². The fraction of sp³-hybridized carbons (Fsp3) is 0.167. The highest BCUT2D eigenvalue weighted by Crippen LogP contribution is 2.49. The molecule has 0 N–H and O–H groups in total. The van der Waals surface area contributed by atoms with E-state index in [1.165, 1.54) is 101 Å². The van der Waals surface area contributed by atoms with Crippen molar-refractivity contribution < 1.29 is 0 Å². The summed E-state index contributed by atoms with van der Waals surface area (Å²) in [6, 6.07) is 51.9. The molecule has 0 aliphatic heterocycles. The van der Waals surface area contributed by atoms with Gasteiger partial charge in [0.1, 0.15) is 0 Å². The van der Waals surface area contributed by atoms with Gasteiger partial charge in [-0.15, -0.1) is 0 Å². The molecule has 2 aliphatic rings. The Bertz CT molecular complexity index is 2080. The van der Waals surface area contributed by atoms with Gasteiger partial charge in [-0.2, -0.15) is 0 Å². The molecule has 0 heterocycles. The first-order valence-corrected chi connectivity index (χ1v) is 19.9. The predicted molar refractivity (Wildman–Crippen MR) is 215 cm³/mol. The summed E-state index contributed by atoms with van der Waals surface area (Å²) in [7, 11) is -0.341. The summed E-state index contributed by atoms with van der Waals surface area (Å²) in [6.07, 6.45) is 5.02. The van der Waals surface area contributed by atoms with Crippen LogP contribution in [0.3, 0.4) is 0 Å². The Morgan fingerprint density at radius 1 is 0.408 bits per heavy atom. The topological polar surface area (TPSA) is 0 Å². The third-order valence-electron chi connectivity index (χ3n) is 11.1. The van der Waals surface area contributed by atoms with E-state index < -0.39 is 0 Å². The maximum Gasteiger partial charge on any atom is 0.0218 e. The second kappa shape index (κ2) is 13.1. The Morgan fingerprint density at radius 3 is 1.18 bits per heavy atom. The summed E-state index contributed by atoms with van der Waals surface area (Å²) in [4.78, 5) is 0. The number of aryl methyl sites for hydroxylation is 2. The lowest BCUT2D eigenvalue weighted by Gasteiger charge is -2.21. The minimum atomic E-state index is -0.341. The first kappa shape index (κ1) is 31.3. The number of rotatable bonds is 8. The smallest absolute Gasteiger partial charge is 0.0218 e. The van der Waals surface area contributed by atoms with Crippen LogP contribution in [0.2, 0.25) is 12.1 Å². The van der Waals surface area contributed by atoms with Gasteiger partial charge in [0.2, 0.25) is 0 Å². The zero-order valence-corrected chi connectivity index (χ0v) is 30.5. The molecule has 0 saturated carbocycles. The van der Waals surface area contributed by atoms with Gasteiger partial charge >= 0.3 is 0 Å². The van der Waals surface area contributed by atoms with Crippen molar-refractivity contribution in [3.05, 3.63) is 178 Å². The van der Waals surface area contributed by atoms with E-state index in [-0.39, 0.29) is 9.52 Å². The number of fused-ring (bicyclic) bond motifs is 2. The van der Waals surface area contributed by atoms with Gasteiger partial charge < -0.3 is 0 Å². The highest BCUT2D eigenvalue weighted by atomic mass is 28.2. The molecule has 0 fully saturated rings. The molecule has 240 valence electrons. The van der Waals surface area contributed by atoms with Crippen LogP contribution >= 0.6 is 0 Å². The molecule has 2 aliphatic carbocycles. The highest BCUT2D eigenvalue weighted by molar-refractivity contribution is 6.36. The largest absolute Gasteiger partial charge is 0.0655 e. The molecule has 2 atom stereocenters. The van der Waals surface area contributed by atoms with Gasteiger partial charge in [0.15, 0.2) is 0 Å². The molecule has 8 rings (SSSR count). The van der Waals surface area contributed by atoms with Gasteiger partial charge in [-0.3, -0.25) is 0 Å². The van der Waals surface area contributed by atoms with E-state index in [4.69, 9.17) is 0 Å². The van der Waals surface area contributed by atoms with Crippen molar-refractivity contribution in [2.24, 2.45) is 0 Å². The molecule has 6 aromatic carbocycles. The number of hydrogen-bond donors (Lipinski definition) is 0. The SMILES string of the molecule is CC1=Cc2c(ccc(C)c2-c2ccccc2-c2ccccc2)C1C[SiH2]CC1C(C)=Cc2c1ccc(C)c2-c1ccccc1-c1ccccc1. The van der Waals surface area contributed by atoms with Gasteiger partial charge in [0.25, 0.3) is 0 Å². The van der Waals surface area contributed by atoms with Gasteiger partial charge in [0.05, 0.1) is 0 Å². The third-order valence-corrected chi connectivity index (χ3v) is 13.1. The third kappa shape index (κ3) is 5.67. The number of hydrogen-bond acceptors (Lipinski definition) is 0. The second-order valence-electron chi connectivity index (χ2n) is 14.2.